The van der Waals surface area contributed by atoms with Gasteiger partial charge in [-0.2, -0.15) is 0 Å². The highest BCUT2D eigenvalue weighted by Crippen LogP contribution is 2.19. The average Bonchev–Trinajstić information content (AvgIpc) is 2.91. The zero-order valence-electron chi connectivity index (χ0n) is 12.0. The van der Waals surface area contributed by atoms with Crippen molar-refractivity contribution in [3.8, 4) is 0 Å². The number of ether oxygens (including phenoxy) is 1. The van der Waals surface area contributed by atoms with E-state index in [1.165, 1.54) is 0 Å². The van der Waals surface area contributed by atoms with Crippen molar-refractivity contribution in [2.75, 3.05) is 37.0 Å². The van der Waals surface area contributed by atoms with Gasteiger partial charge >= 0.3 is 6.03 Å². The third-order valence-corrected chi connectivity index (χ3v) is 3.27. The Labute approximate surface area is 123 Å². The molecule has 0 radical (unpaired) electrons. The summed E-state index contributed by atoms with van der Waals surface area (Å²) in [5.74, 6) is -0.251. The predicted molar refractivity (Wildman–Crippen MR) is 80.3 cm³/mol. The molecule has 0 aromatic heterocycles. The third-order valence-electron chi connectivity index (χ3n) is 3.27. The summed E-state index contributed by atoms with van der Waals surface area (Å²) in [6.07, 6.45) is 0.467. The fourth-order valence-electron chi connectivity index (χ4n) is 2.05. The van der Waals surface area contributed by atoms with Gasteiger partial charge in [0, 0.05) is 38.2 Å². The summed E-state index contributed by atoms with van der Waals surface area (Å²) < 4.78 is 4.89. The van der Waals surface area contributed by atoms with Crippen LogP contribution in [0.15, 0.2) is 24.3 Å². The summed E-state index contributed by atoms with van der Waals surface area (Å²) in [5.41, 5.74) is 7.19. The summed E-state index contributed by atoms with van der Waals surface area (Å²) in [6.45, 7) is 1.73. The van der Waals surface area contributed by atoms with Crippen LogP contribution < -0.4 is 21.3 Å². The van der Waals surface area contributed by atoms with Gasteiger partial charge in [-0.25, -0.2) is 4.79 Å². The smallest absolute Gasteiger partial charge is 0.321 e. The maximum Gasteiger partial charge on any atom is 0.321 e. The molecule has 1 aromatic carbocycles. The van der Waals surface area contributed by atoms with E-state index in [9.17, 15) is 9.59 Å². The van der Waals surface area contributed by atoms with Gasteiger partial charge in [0.05, 0.1) is 6.04 Å². The first-order chi connectivity index (χ1) is 10.1. The number of benzene rings is 1. The fourth-order valence-corrected chi connectivity index (χ4v) is 2.05. The number of anilines is 2. The summed E-state index contributed by atoms with van der Waals surface area (Å²) >= 11 is 0. The number of hydrogen-bond acceptors (Lipinski definition) is 4. The molecule has 3 amide bonds. The van der Waals surface area contributed by atoms with Crippen LogP contribution in [0.3, 0.4) is 0 Å². The van der Waals surface area contributed by atoms with E-state index < -0.39 is 6.04 Å². The molecule has 7 heteroatoms. The van der Waals surface area contributed by atoms with Crippen LogP contribution >= 0.6 is 0 Å². The quantitative estimate of drug-likeness (QED) is 0.712. The van der Waals surface area contributed by atoms with Gasteiger partial charge in [-0.3, -0.25) is 9.69 Å². The standard InChI is InChI=1S/C14H20N4O3/c1-21-9-6-12(15)13(19)17-10-2-4-11(5-3-10)18-8-7-16-14(18)20/h2-5,12H,6-9,15H2,1H3,(H,16,20)(H,17,19). The maximum atomic E-state index is 11.8. The highest BCUT2D eigenvalue weighted by Gasteiger charge is 2.21. The van der Waals surface area contributed by atoms with Gasteiger partial charge in [0.2, 0.25) is 5.91 Å². The molecule has 1 saturated heterocycles. The molecule has 2 rings (SSSR count). The second kappa shape index (κ2) is 7.05. The number of nitrogens with one attached hydrogen (secondary N) is 2. The van der Waals surface area contributed by atoms with Crippen molar-refractivity contribution in [3.63, 3.8) is 0 Å². The van der Waals surface area contributed by atoms with Gasteiger partial charge in [0.15, 0.2) is 0 Å². The number of carbonyl (C=O) groups excluding carboxylic acids is 2. The Morgan fingerprint density at radius 2 is 2.19 bits per heavy atom. The maximum absolute atomic E-state index is 11.8. The van der Waals surface area contributed by atoms with E-state index in [2.05, 4.69) is 10.6 Å². The second-order valence-corrected chi connectivity index (χ2v) is 4.81. The molecule has 1 heterocycles. The molecule has 0 bridgehead atoms. The topological polar surface area (TPSA) is 96.7 Å². The number of rotatable bonds is 6. The highest BCUT2D eigenvalue weighted by molar-refractivity contribution is 5.96. The Hall–Kier alpha value is -2.12. The van der Waals surface area contributed by atoms with Gasteiger partial charge in [0.1, 0.15) is 0 Å². The molecule has 1 aliphatic rings. The van der Waals surface area contributed by atoms with Gasteiger partial charge in [-0.05, 0) is 30.7 Å². The lowest BCUT2D eigenvalue weighted by Gasteiger charge is -2.15. The zero-order valence-corrected chi connectivity index (χ0v) is 12.0. The van der Waals surface area contributed by atoms with Gasteiger partial charge in [0.25, 0.3) is 0 Å². The number of methoxy groups -OCH3 is 1. The molecule has 114 valence electrons. The van der Waals surface area contributed by atoms with Crippen LogP contribution in [0.1, 0.15) is 6.42 Å². The number of urea groups is 1. The molecule has 1 aromatic rings. The molecule has 0 saturated carbocycles. The third kappa shape index (κ3) is 3.93. The Morgan fingerprint density at radius 3 is 2.76 bits per heavy atom. The van der Waals surface area contributed by atoms with E-state index in [0.29, 0.717) is 31.8 Å². The van der Waals surface area contributed by atoms with E-state index in [-0.39, 0.29) is 11.9 Å². The van der Waals surface area contributed by atoms with Gasteiger partial charge < -0.3 is 21.1 Å². The lowest BCUT2D eigenvalue weighted by Crippen LogP contribution is -2.36. The van der Waals surface area contributed by atoms with Crippen molar-refractivity contribution < 1.29 is 14.3 Å². The largest absolute Gasteiger partial charge is 0.385 e. The van der Waals surface area contributed by atoms with E-state index in [0.717, 1.165) is 5.69 Å². The van der Waals surface area contributed by atoms with Gasteiger partial charge in [-0.1, -0.05) is 0 Å². The Bertz CT molecular complexity index is 503. The lowest BCUT2D eigenvalue weighted by molar-refractivity contribution is -0.117. The molecule has 1 fully saturated rings. The monoisotopic (exact) mass is 292 g/mol. The van der Waals surface area contributed by atoms with E-state index in [4.69, 9.17) is 10.5 Å². The molecular formula is C14H20N4O3. The van der Waals surface area contributed by atoms with Crippen molar-refractivity contribution in [2.24, 2.45) is 5.73 Å². The number of hydrogen-bond donors (Lipinski definition) is 3. The van der Waals surface area contributed by atoms with Gasteiger partial charge in [-0.15, -0.1) is 0 Å². The normalized spacial score (nSPS) is 15.7. The van der Waals surface area contributed by atoms with Crippen LogP contribution in [-0.2, 0) is 9.53 Å². The average molecular weight is 292 g/mol. The molecule has 1 atom stereocenters. The van der Waals surface area contributed by atoms with Crippen molar-refractivity contribution in [1.82, 2.24) is 5.32 Å². The van der Waals surface area contributed by atoms with Crippen molar-refractivity contribution >= 4 is 23.3 Å². The van der Waals surface area contributed by atoms with E-state index >= 15 is 0 Å². The molecule has 7 nitrogen and oxygen atoms in total. The molecule has 0 spiro atoms. The number of nitrogens with two attached hydrogens (primary N) is 1. The molecule has 1 aliphatic heterocycles. The minimum atomic E-state index is -0.603. The SMILES string of the molecule is COCCC(N)C(=O)Nc1ccc(N2CCNC2=O)cc1. The van der Waals surface area contributed by atoms with Crippen LogP contribution in [0, 0.1) is 0 Å². The minimum absolute atomic E-state index is 0.103. The first-order valence-corrected chi connectivity index (χ1v) is 6.82. The minimum Gasteiger partial charge on any atom is -0.385 e. The fraction of sp³-hybridized carbons (Fsp3) is 0.429. The van der Waals surface area contributed by atoms with Crippen LogP contribution in [0.5, 0.6) is 0 Å². The molecule has 21 heavy (non-hydrogen) atoms. The van der Waals surface area contributed by atoms with Crippen LogP contribution in [0.25, 0.3) is 0 Å². The Morgan fingerprint density at radius 1 is 1.48 bits per heavy atom. The van der Waals surface area contributed by atoms with Crippen LogP contribution in [-0.4, -0.2) is 44.8 Å². The Balaban J connectivity index is 1.93. The summed E-state index contributed by atoms with van der Waals surface area (Å²) in [7, 11) is 1.57. The summed E-state index contributed by atoms with van der Waals surface area (Å²) in [4.78, 5) is 25.0. The zero-order chi connectivity index (χ0) is 15.2. The van der Waals surface area contributed by atoms with Crippen LogP contribution in [0.4, 0.5) is 16.2 Å². The van der Waals surface area contributed by atoms with Crippen molar-refractivity contribution in [3.05, 3.63) is 24.3 Å². The summed E-state index contributed by atoms with van der Waals surface area (Å²) in [6, 6.07) is 6.38. The van der Waals surface area contributed by atoms with E-state index in [1.54, 1.807) is 36.3 Å². The number of nitrogens with zero attached hydrogens (tertiary/aromatic N) is 1. The predicted octanol–water partition coefficient (Wildman–Crippen LogP) is 0.518. The Kier molecular flexibility index (Phi) is 5.13. The molecule has 1 unspecified atom stereocenters. The molecule has 4 N–H and O–H groups in total. The highest BCUT2D eigenvalue weighted by atomic mass is 16.5. The first-order valence-electron chi connectivity index (χ1n) is 6.82. The summed E-state index contributed by atoms with van der Waals surface area (Å²) in [5, 5.41) is 5.48. The second-order valence-electron chi connectivity index (χ2n) is 4.81. The number of amides is 3. The van der Waals surface area contributed by atoms with Crippen molar-refractivity contribution in [1.29, 1.82) is 0 Å². The van der Waals surface area contributed by atoms with Crippen molar-refractivity contribution in [2.45, 2.75) is 12.5 Å². The lowest BCUT2D eigenvalue weighted by atomic mass is 10.2. The van der Waals surface area contributed by atoms with Crippen LogP contribution in [0.2, 0.25) is 0 Å². The van der Waals surface area contributed by atoms with E-state index in [1.807, 2.05) is 0 Å². The number of carbonyl (C=O) groups is 2. The first kappa shape index (κ1) is 15.3. The molecule has 0 aliphatic carbocycles. The molecular weight excluding hydrogens is 272 g/mol.